The highest BCUT2D eigenvalue weighted by Gasteiger charge is 2.46. The third-order valence-electron chi connectivity index (χ3n) is 13.7. The lowest BCUT2D eigenvalue weighted by molar-refractivity contribution is 0.669. The summed E-state index contributed by atoms with van der Waals surface area (Å²) in [6.45, 7) is 0. The Balaban J connectivity index is 1.03. The molecule has 0 atom stereocenters. The first-order valence-electron chi connectivity index (χ1n) is 22.4. The Hall–Kier alpha value is -8.46. The molecule has 1 aliphatic rings. The van der Waals surface area contributed by atoms with E-state index in [9.17, 15) is 0 Å². The van der Waals surface area contributed by atoms with Crippen LogP contribution < -0.4 is 4.90 Å². The standard InChI is InChI=1S/C63H41NO/c1-3-16-42(17-4-1)51-28-13-19-45-20-14-29-52(61(45)51)44-32-35-48(36-33-44)64(50-37-39-59-56(41-50)62-53-25-8-7-18-43(53)34-38-60(62)65-59)49-24-15-23-47(40-49)63(46-21-5-2-6-22-46)57-30-11-9-26-54(57)55-27-10-12-31-58(55)63/h1-41H. The summed E-state index contributed by atoms with van der Waals surface area (Å²) in [6, 6.07) is 90.9. The van der Waals surface area contributed by atoms with Gasteiger partial charge in [0, 0.05) is 27.8 Å². The van der Waals surface area contributed by atoms with E-state index in [2.05, 4.69) is 254 Å². The fourth-order valence-electron chi connectivity index (χ4n) is 10.9. The molecule has 2 heteroatoms. The predicted molar refractivity (Wildman–Crippen MR) is 272 cm³/mol. The van der Waals surface area contributed by atoms with E-state index < -0.39 is 5.41 Å². The van der Waals surface area contributed by atoms with Crippen molar-refractivity contribution < 1.29 is 4.42 Å². The summed E-state index contributed by atoms with van der Waals surface area (Å²) >= 11 is 0. The molecular formula is C63H41NO. The highest BCUT2D eigenvalue weighted by Crippen LogP contribution is 2.56. The van der Waals surface area contributed by atoms with Gasteiger partial charge in [-0.15, -0.1) is 0 Å². The summed E-state index contributed by atoms with van der Waals surface area (Å²) in [5.41, 5.74) is 16.8. The second-order valence-electron chi connectivity index (χ2n) is 17.2. The lowest BCUT2D eigenvalue weighted by Gasteiger charge is -2.35. The zero-order valence-electron chi connectivity index (χ0n) is 35.5. The molecule has 0 saturated carbocycles. The lowest BCUT2D eigenvalue weighted by atomic mass is 9.67. The summed E-state index contributed by atoms with van der Waals surface area (Å²) < 4.78 is 6.55. The summed E-state index contributed by atoms with van der Waals surface area (Å²) in [7, 11) is 0. The molecule has 0 N–H and O–H groups in total. The van der Waals surface area contributed by atoms with Gasteiger partial charge in [0.2, 0.25) is 0 Å². The molecule has 1 aromatic heterocycles. The minimum atomic E-state index is -0.533. The molecule has 2 nitrogen and oxygen atoms in total. The fraction of sp³-hybridized carbons (Fsp3) is 0.0159. The van der Waals surface area contributed by atoms with Crippen LogP contribution in [0.15, 0.2) is 253 Å². The van der Waals surface area contributed by atoms with Crippen LogP contribution in [0.25, 0.3) is 76.9 Å². The molecule has 0 saturated heterocycles. The van der Waals surface area contributed by atoms with E-state index in [4.69, 9.17) is 4.42 Å². The van der Waals surface area contributed by atoms with Gasteiger partial charge in [0.25, 0.3) is 0 Å². The summed E-state index contributed by atoms with van der Waals surface area (Å²) in [4.78, 5) is 2.42. The van der Waals surface area contributed by atoms with Crippen molar-refractivity contribution in [1.29, 1.82) is 0 Å². The molecule has 0 bridgehead atoms. The van der Waals surface area contributed by atoms with Gasteiger partial charge in [-0.25, -0.2) is 0 Å². The van der Waals surface area contributed by atoms with Crippen LogP contribution in [0.2, 0.25) is 0 Å². The molecule has 0 spiro atoms. The first kappa shape index (κ1) is 37.1. The summed E-state index contributed by atoms with van der Waals surface area (Å²) in [5.74, 6) is 0. The van der Waals surface area contributed by atoms with Crippen LogP contribution in [0.5, 0.6) is 0 Å². The summed E-state index contributed by atoms with van der Waals surface area (Å²) in [6.07, 6.45) is 0. The topological polar surface area (TPSA) is 16.4 Å². The van der Waals surface area contributed by atoms with Crippen LogP contribution in [0, 0.1) is 0 Å². The number of benzene rings is 11. The molecule has 1 heterocycles. The molecule has 1 aliphatic carbocycles. The third kappa shape index (κ3) is 5.74. The lowest BCUT2D eigenvalue weighted by Crippen LogP contribution is -2.28. The number of anilines is 3. The number of hydrogen-bond donors (Lipinski definition) is 0. The molecule has 0 radical (unpaired) electrons. The van der Waals surface area contributed by atoms with Crippen LogP contribution in [0.4, 0.5) is 17.1 Å². The molecule has 0 amide bonds. The molecule has 65 heavy (non-hydrogen) atoms. The highest BCUT2D eigenvalue weighted by atomic mass is 16.3. The van der Waals surface area contributed by atoms with E-state index in [1.807, 2.05) is 0 Å². The average Bonchev–Trinajstić information content (AvgIpc) is 3.91. The maximum atomic E-state index is 6.55. The minimum Gasteiger partial charge on any atom is -0.456 e. The van der Waals surface area contributed by atoms with Crippen molar-refractivity contribution in [2.24, 2.45) is 0 Å². The first-order valence-corrected chi connectivity index (χ1v) is 22.4. The van der Waals surface area contributed by atoms with Crippen molar-refractivity contribution in [3.63, 3.8) is 0 Å². The van der Waals surface area contributed by atoms with Crippen LogP contribution >= 0.6 is 0 Å². The van der Waals surface area contributed by atoms with Gasteiger partial charge in [-0.1, -0.05) is 200 Å². The average molecular weight is 828 g/mol. The largest absolute Gasteiger partial charge is 0.456 e. The van der Waals surface area contributed by atoms with E-state index in [-0.39, 0.29) is 0 Å². The highest BCUT2D eigenvalue weighted by molar-refractivity contribution is 6.19. The van der Waals surface area contributed by atoms with Gasteiger partial charge in [0.15, 0.2) is 0 Å². The Morgan fingerprint density at radius 1 is 0.308 bits per heavy atom. The normalized spacial score (nSPS) is 12.7. The number of hydrogen-bond acceptors (Lipinski definition) is 2. The van der Waals surface area contributed by atoms with Crippen molar-refractivity contribution in [2.75, 3.05) is 4.90 Å². The van der Waals surface area contributed by atoms with Crippen molar-refractivity contribution in [1.82, 2.24) is 0 Å². The predicted octanol–water partition coefficient (Wildman–Crippen LogP) is 17.1. The van der Waals surface area contributed by atoms with Crippen LogP contribution in [-0.4, -0.2) is 0 Å². The second kappa shape index (κ2) is 14.8. The molecule has 0 fully saturated rings. The fourth-order valence-corrected chi connectivity index (χ4v) is 10.9. The van der Waals surface area contributed by atoms with Crippen molar-refractivity contribution in [3.05, 3.63) is 271 Å². The SMILES string of the molecule is c1ccc(-c2cccc3cccc(-c4ccc(N(c5cccc(C6(c7ccccc7)c7ccccc7-c7ccccc76)c5)c5ccc6oc7ccc8ccccc8c7c6c5)cc4)c23)cc1. The van der Waals surface area contributed by atoms with Crippen LogP contribution in [0.1, 0.15) is 22.3 Å². The van der Waals surface area contributed by atoms with Crippen molar-refractivity contribution in [3.8, 4) is 33.4 Å². The summed E-state index contributed by atoms with van der Waals surface area (Å²) in [5, 5.41) is 7.09. The molecule has 304 valence electrons. The monoisotopic (exact) mass is 827 g/mol. The third-order valence-corrected chi connectivity index (χ3v) is 13.7. The van der Waals surface area contributed by atoms with Gasteiger partial charge in [-0.3, -0.25) is 0 Å². The van der Waals surface area contributed by atoms with E-state index in [0.29, 0.717) is 0 Å². The van der Waals surface area contributed by atoms with Crippen LogP contribution in [0.3, 0.4) is 0 Å². The van der Waals surface area contributed by atoms with Gasteiger partial charge >= 0.3 is 0 Å². The van der Waals surface area contributed by atoms with Crippen molar-refractivity contribution >= 4 is 60.5 Å². The van der Waals surface area contributed by atoms with Gasteiger partial charge in [0.05, 0.1) is 5.41 Å². The number of furan rings is 1. The van der Waals surface area contributed by atoms with Gasteiger partial charge in [0.1, 0.15) is 11.2 Å². The first-order chi connectivity index (χ1) is 32.2. The molecular weight excluding hydrogens is 787 g/mol. The maximum absolute atomic E-state index is 6.55. The van der Waals surface area contributed by atoms with E-state index in [1.165, 1.54) is 77.2 Å². The smallest absolute Gasteiger partial charge is 0.136 e. The zero-order valence-corrected chi connectivity index (χ0v) is 35.5. The number of rotatable bonds is 7. The van der Waals surface area contributed by atoms with Gasteiger partial charge in [-0.05, 0) is 126 Å². The molecule has 0 aliphatic heterocycles. The molecule has 0 unspecified atom stereocenters. The number of nitrogens with zero attached hydrogens (tertiary/aromatic N) is 1. The molecule has 11 aromatic carbocycles. The second-order valence-corrected chi connectivity index (χ2v) is 17.2. The number of fused-ring (bicyclic) bond motifs is 9. The van der Waals surface area contributed by atoms with Crippen LogP contribution in [-0.2, 0) is 5.41 Å². The van der Waals surface area contributed by atoms with E-state index in [1.54, 1.807) is 0 Å². The van der Waals surface area contributed by atoms with Gasteiger partial charge in [-0.2, -0.15) is 0 Å². The Kier molecular flexibility index (Phi) is 8.47. The van der Waals surface area contributed by atoms with Gasteiger partial charge < -0.3 is 9.32 Å². The molecule has 12 aromatic rings. The Morgan fingerprint density at radius 2 is 0.846 bits per heavy atom. The Bertz CT molecular complexity index is 3720. The molecule has 13 rings (SSSR count). The minimum absolute atomic E-state index is 0.533. The van der Waals surface area contributed by atoms with Crippen molar-refractivity contribution in [2.45, 2.75) is 5.41 Å². The van der Waals surface area contributed by atoms with E-state index >= 15 is 0 Å². The Morgan fingerprint density at radius 3 is 1.58 bits per heavy atom. The Labute approximate surface area is 377 Å². The maximum Gasteiger partial charge on any atom is 0.136 e. The zero-order chi connectivity index (χ0) is 42.9. The quantitative estimate of drug-likeness (QED) is 0.159. The van der Waals surface area contributed by atoms with E-state index in [0.717, 1.165) is 39.0 Å².